The third kappa shape index (κ3) is 5.02. The van der Waals surface area contributed by atoms with Crippen molar-refractivity contribution in [1.82, 2.24) is 14.7 Å². The fourth-order valence-electron chi connectivity index (χ4n) is 4.23. The van der Waals surface area contributed by atoms with Crippen LogP contribution in [0.4, 0.5) is 0 Å². The molecule has 0 bridgehead atoms. The fraction of sp³-hybridized carbons (Fsp3) is 0.385. The van der Waals surface area contributed by atoms with Gasteiger partial charge in [0.15, 0.2) is 0 Å². The van der Waals surface area contributed by atoms with E-state index in [9.17, 15) is 4.79 Å². The minimum absolute atomic E-state index is 0.182. The molecule has 1 aromatic heterocycles. The number of fused-ring (bicyclic) bond motifs is 1. The van der Waals surface area contributed by atoms with Crippen LogP contribution in [0, 0.1) is 6.92 Å². The molecule has 0 atom stereocenters. The van der Waals surface area contributed by atoms with Crippen LogP contribution in [0.2, 0.25) is 0 Å². The number of methoxy groups -OCH3 is 1. The van der Waals surface area contributed by atoms with E-state index in [0.717, 1.165) is 42.0 Å². The molecule has 0 radical (unpaired) electrons. The maximum Gasteiger partial charge on any atom is 0.223 e. The van der Waals surface area contributed by atoms with E-state index in [1.165, 1.54) is 16.8 Å². The summed E-state index contributed by atoms with van der Waals surface area (Å²) in [5, 5.41) is 4.69. The molecule has 1 aliphatic heterocycles. The van der Waals surface area contributed by atoms with Crippen molar-refractivity contribution in [3.63, 3.8) is 0 Å². The van der Waals surface area contributed by atoms with Crippen LogP contribution in [0.1, 0.15) is 40.1 Å². The lowest BCUT2D eigenvalue weighted by Crippen LogP contribution is -2.36. The highest BCUT2D eigenvalue weighted by atomic mass is 16.5. The normalized spacial score (nSPS) is 13.2. The number of nitrogens with zero attached hydrogens (tertiary/aromatic N) is 3. The van der Waals surface area contributed by atoms with E-state index in [1.54, 1.807) is 7.11 Å². The quantitative estimate of drug-likeness (QED) is 0.539. The maximum atomic E-state index is 12.9. The zero-order valence-corrected chi connectivity index (χ0v) is 19.1. The lowest BCUT2D eigenvalue weighted by molar-refractivity contribution is -0.132. The Kier molecular flexibility index (Phi) is 6.90. The van der Waals surface area contributed by atoms with Gasteiger partial charge >= 0.3 is 0 Å². The molecule has 3 aromatic rings. The van der Waals surface area contributed by atoms with Gasteiger partial charge in [-0.05, 0) is 42.2 Å². The summed E-state index contributed by atoms with van der Waals surface area (Å²) in [7, 11) is 3.63. The molecule has 6 nitrogen and oxygen atoms in total. The Morgan fingerprint density at radius 2 is 1.88 bits per heavy atom. The Hall–Kier alpha value is -3.12. The molecule has 0 unspecified atom stereocenters. The number of benzene rings is 2. The van der Waals surface area contributed by atoms with Gasteiger partial charge in [0.1, 0.15) is 5.75 Å². The highest BCUT2D eigenvalue weighted by Gasteiger charge is 2.26. The zero-order chi connectivity index (χ0) is 22.5. The summed E-state index contributed by atoms with van der Waals surface area (Å²) < 4.78 is 13.1. The van der Waals surface area contributed by atoms with Crippen molar-refractivity contribution in [3.05, 3.63) is 82.2 Å². The van der Waals surface area contributed by atoms with E-state index in [4.69, 9.17) is 14.6 Å². The van der Waals surface area contributed by atoms with E-state index < -0.39 is 0 Å². The number of hydrogen-bond acceptors (Lipinski definition) is 4. The molecule has 0 aliphatic carbocycles. The Morgan fingerprint density at radius 1 is 1.09 bits per heavy atom. The average molecular weight is 434 g/mol. The van der Waals surface area contributed by atoms with Crippen LogP contribution in [0.15, 0.2) is 48.5 Å². The highest BCUT2D eigenvalue weighted by molar-refractivity contribution is 5.76. The number of amides is 1. The summed E-state index contributed by atoms with van der Waals surface area (Å²) in [5.74, 6) is 1.01. The number of hydrogen-bond donors (Lipinski definition) is 0. The lowest BCUT2D eigenvalue weighted by Gasteiger charge is -2.28. The van der Waals surface area contributed by atoms with Gasteiger partial charge in [0.2, 0.25) is 5.91 Å². The summed E-state index contributed by atoms with van der Waals surface area (Å²) in [6.07, 6.45) is 2.05. The second-order valence-corrected chi connectivity index (χ2v) is 8.33. The number of carbonyl (C=O) groups is 1. The molecule has 32 heavy (non-hydrogen) atoms. The smallest absolute Gasteiger partial charge is 0.223 e. The summed E-state index contributed by atoms with van der Waals surface area (Å²) in [6.45, 7) is 4.44. The van der Waals surface area contributed by atoms with Crippen molar-refractivity contribution in [2.45, 2.75) is 45.9 Å². The molecule has 0 spiro atoms. The van der Waals surface area contributed by atoms with Crippen LogP contribution < -0.4 is 4.74 Å². The minimum atomic E-state index is 0.182. The number of carbonyl (C=O) groups excluding carboxylic acids is 1. The van der Waals surface area contributed by atoms with E-state index in [2.05, 4.69) is 19.1 Å². The number of aromatic nitrogens is 2. The van der Waals surface area contributed by atoms with Gasteiger partial charge in [0.25, 0.3) is 0 Å². The van der Waals surface area contributed by atoms with Gasteiger partial charge in [-0.1, -0.05) is 36.4 Å². The number of rotatable bonds is 8. The largest absolute Gasteiger partial charge is 0.497 e. The van der Waals surface area contributed by atoms with Crippen LogP contribution in [-0.4, -0.2) is 34.2 Å². The van der Waals surface area contributed by atoms with E-state index in [1.807, 2.05) is 53.0 Å². The first-order valence-corrected chi connectivity index (χ1v) is 11.1. The van der Waals surface area contributed by atoms with Crippen molar-refractivity contribution in [2.24, 2.45) is 7.05 Å². The van der Waals surface area contributed by atoms with Gasteiger partial charge in [-0.15, -0.1) is 0 Å². The van der Waals surface area contributed by atoms with Gasteiger partial charge in [-0.3, -0.25) is 9.48 Å². The molecular weight excluding hydrogens is 402 g/mol. The molecule has 0 N–H and O–H groups in total. The second kappa shape index (κ2) is 10.0. The molecule has 4 rings (SSSR count). The molecule has 2 aromatic carbocycles. The molecule has 168 valence electrons. The maximum absolute atomic E-state index is 12.9. The van der Waals surface area contributed by atoms with Crippen molar-refractivity contribution in [3.8, 4) is 5.75 Å². The summed E-state index contributed by atoms with van der Waals surface area (Å²) in [4.78, 5) is 14.9. The molecule has 0 saturated carbocycles. The summed E-state index contributed by atoms with van der Waals surface area (Å²) >= 11 is 0. The van der Waals surface area contributed by atoms with Crippen LogP contribution in [0.25, 0.3) is 0 Å². The zero-order valence-electron chi connectivity index (χ0n) is 19.1. The Morgan fingerprint density at radius 3 is 2.62 bits per heavy atom. The predicted octanol–water partition coefficient (Wildman–Crippen LogP) is 3.97. The molecule has 6 heteroatoms. The molecular formula is C26H31N3O3. The van der Waals surface area contributed by atoms with Crippen molar-refractivity contribution >= 4 is 5.91 Å². The van der Waals surface area contributed by atoms with Crippen LogP contribution >= 0.6 is 0 Å². The monoisotopic (exact) mass is 433 g/mol. The first-order chi connectivity index (χ1) is 15.5. The SMILES string of the molecule is COc1ccc(CCC(=O)N2CCc3c(c(COCc4ccccc4C)nn3C)C2)cc1. The number of ether oxygens (including phenoxy) is 2. The van der Waals surface area contributed by atoms with Crippen LogP contribution in [-0.2, 0) is 49.2 Å². The Labute approximate surface area is 189 Å². The Bertz CT molecular complexity index is 1070. The van der Waals surface area contributed by atoms with Gasteiger partial charge in [0, 0.05) is 44.2 Å². The van der Waals surface area contributed by atoms with Gasteiger partial charge < -0.3 is 14.4 Å². The highest BCUT2D eigenvalue weighted by Crippen LogP contribution is 2.24. The average Bonchev–Trinajstić information content (AvgIpc) is 3.14. The number of aryl methyl sites for hydroxylation is 3. The van der Waals surface area contributed by atoms with Gasteiger partial charge in [-0.2, -0.15) is 5.10 Å². The fourth-order valence-corrected chi connectivity index (χ4v) is 4.23. The topological polar surface area (TPSA) is 56.6 Å². The first-order valence-electron chi connectivity index (χ1n) is 11.1. The van der Waals surface area contributed by atoms with E-state index in [0.29, 0.717) is 26.2 Å². The van der Waals surface area contributed by atoms with E-state index >= 15 is 0 Å². The summed E-state index contributed by atoms with van der Waals surface area (Å²) in [6, 6.07) is 16.2. The predicted molar refractivity (Wildman–Crippen MR) is 123 cm³/mol. The third-order valence-electron chi connectivity index (χ3n) is 6.22. The molecule has 1 amide bonds. The standard InChI is InChI=1S/C26H31N3O3/c1-19-6-4-5-7-21(19)17-32-18-24-23-16-29(15-14-25(23)28(2)27-24)26(30)13-10-20-8-11-22(31-3)12-9-20/h4-9,11-12H,10,13-18H2,1-3H3. The summed E-state index contributed by atoms with van der Waals surface area (Å²) in [5.41, 5.74) is 6.84. The Balaban J connectivity index is 1.35. The minimum Gasteiger partial charge on any atom is -0.497 e. The molecule has 0 saturated heterocycles. The molecule has 1 aliphatic rings. The van der Waals surface area contributed by atoms with Gasteiger partial charge in [0.05, 0.1) is 26.0 Å². The van der Waals surface area contributed by atoms with Crippen LogP contribution in [0.3, 0.4) is 0 Å². The van der Waals surface area contributed by atoms with Crippen molar-refractivity contribution in [1.29, 1.82) is 0 Å². The molecule has 0 fully saturated rings. The van der Waals surface area contributed by atoms with E-state index in [-0.39, 0.29) is 5.91 Å². The van der Waals surface area contributed by atoms with Crippen molar-refractivity contribution < 1.29 is 14.3 Å². The molecule has 2 heterocycles. The third-order valence-corrected chi connectivity index (χ3v) is 6.22. The van der Waals surface area contributed by atoms with Crippen LogP contribution in [0.5, 0.6) is 5.75 Å². The first kappa shape index (κ1) is 22.1. The van der Waals surface area contributed by atoms with Crippen molar-refractivity contribution in [2.75, 3.05) is 13.7 Å². The lowest BCUT2D eigenvalue weighted by atomic mass is 10.0. The second-order valence-electron chi connectivity index (χ2n) is 8.33. The van der Waals surface area contributed by atoms with Gasteiger partial charge in [-0.25, -0.2) is 0 Å².